The van der Waals surface area contributed by atoms with Crippen molar-refractivity contribution in [3.8, 4) is 0 Å². The van der Waals surface area contributed by atoms with Gasteiger partial charge in [-0.1, -0.05) is 12.1 Å². The van der Waals surface area contributed by atoms with E-state index >= 15 is 0 Å². The van der Waals surface area contributed by atoms with E-state index in [0.29, 0.717) is 5.76 Å². The third kappa shape index (κ3) is 3.64. The first-order valence-corrected chi connectivity index (χ1v) is 6.32. The Morgan fingerprint density at radius 3 is 2.77 bits per heavy atom. The number of halogens is 3. The van der Waals surface area contributed by atoms with E-state index in [4.69, 9.17) is 4.42 Å². The Morgan fingerprint density at radius 2 is 2.18 bits per heavy atom. The van der Waals surface area contributed by atoms with Crippen LogP contribution in [0, 0.1) is 6.92 Å². The van der Waals surface area contributed by atoms with E-state index in [1.54, 1.807) is 6.92 Å². The Bertz CT molecular complexity index is 667. The van der Waals surface area contributed by atoms with E-state index in [0.717, 1.165) is 18.5 Å². The number of nitrogens with one attached hydrogen (secondary N) is 1. The van der Waals surface area contributed by atoms with Crippen molar-refractivity contribution < 1.29 is 27.5 Å². The van der Waals surface area contributed by atoms with Gasteiger partial charge in [-0.05, 0) is 24.6 Å². The highest BCUT2D eigenvalue weighted by Gasteiger charge is 2.30. The van der Waals surface area contributed by atoms with Crippen LogP contribution in [0.25, 0.3) is 0 Å². The lowest BCUT2D eigenvalue weighted by Crippen LogP contribution is -2.29. The number of oxazole rings is 1. The number of rotatable bonds is 4. The third-order valence-corrected chi connectivity index (χ3v) is 3.01. The topological polar surface area (TPSA) is 75.4 Å². The van der Waals surface area contributed by atoms with Gasteiger partial charge in [0.05, 0.1) is 11.7 Å². The minimum absolute atomic E-state index is 0.0620. The van der Waals surface area contributed by atoms with E-state index in [9.17, 15) is 23.1 Å². The van der Waals surface area contributed by atoms with Crippen molar-refractivity contribution in [1.82, 2.24) is 10.3 Å². The fourth-order valence-corrected chi connectivity index (χ4v) is 1.84. The Balaban J connectivity index is 2.02. The fourth-order valence-electron chi connectivity index (χ4n) is 1.84. The molecular weight excluding hydrogens is 301 g/mol. The van der Waals surface area contributed by atoms with Crippen LogP contribution in [0.5, 0.6) is 0 Å². The van der Waals surface area contributed by atoms with E-state index in [1.807, 2.05) is 0 Å². The Kier molecular flexibility index (Phi) is 4.51. The fraction of sp³-hybridized carbons (Fsp3) is 0.286. The number of aliphatic hydroxyl groups excluding tert-OH is 1. The van der Waals surface area contributed by atoms with Gasteiger partial charge in [0.25, 0.3) is 5.91 Å². The molecule has 1 heterocycles. The summed E-state index contributed by atoms with van der Waals surface area (Å²) in [5, 5.41) is 12.3. The van der Waals surface area contributed by atoms with Gasteiger partial charge in [0, 0.05) is 6.54 Å². The summed E-state index contributed by atoms with van der Waals surface area (Å²) in [4.78, 5) is 15.5. The number of amides is 1. The van der Waals surface area contributed by atoms with Crippen molar-refractivity contribution in [2.75, 3.05) is 6.54 Å². The smallest absolute Gasteiger partial charge is 0.416 e. The summed E-state index contributed by atoms with van der Waals surface area (Å²) in [6.07, 6.45) is -4.65. The van der Waals surface area contributed by atoms with Crippen molar-refractivity contribution in [3.63, 3.8) is 0 Å². The number of aromatic nitrogens is 1. The summed E-state index contributed by atoms with van der Waals surface area (Å²) in [6, 6.07) is 4.31. The number of nitrogens with zero attached hydrogens (tertiary/aromatic N) is 1. The maximum atomic E-state index is 12.6. The van der Waals surface area contributed by atoms with Gasteiger partial charge in [0.1, 0.15) is 5.76 Å². The molecule has 1 unspecified atom stereocenters. The lowest BCUT2D eigenvalue weighted by Gasteiger charge is -2.14. The molecule has 1 aromatic carbocycles. The Hall–Kier alpha value is -2.35. The SMILES string of the molecule is Cc1ocnc1C(=O)NCC(O)c1cccc(C(F)(F)F)c1. The van der Waals surface area contributed by atoms with Gasteiger partial charge in [-0.3, -0.25) is 4.79 Å². The number of benzene rings is 1. The summed E-state index contributed by atoms with van der Waals surface area (Å²) in [5.74, 6) is -0.261. The molecule has 0 aliphatic rings. The molecule has 118 valence electrons. The van der Waals surface area contributed by atoms with E-state index < -0.39 is 23.8 Å². The largest absolute Gasteiger partial charge is 0.448 e. The number of aliphatic hydroxyl groups is 1. The minimum Gasteiger partial charge on any atom is -0.448 e. The van der Waals surface area contributed by atoms with E-state index in [1.165, 1.54) is 12.1 Å². The number of hydrogen-bond donors (Lipinski definition) is 2. The summed E-state index contributed by atoms with van der Waals surface area (Å²) in [7, 11) is 0. The maximum Gasteiger partial charge on any atom is 0.416 e. The van der Waals surface area contributed by atoms with Crippen LogP contribution in [0.1, 0.15) is 33.5 Å². The Labute approximate surface area is 123 Å². The zero-order valence-corrected chi connectivity index (χ0v) is 11.5. The number of hydrogen-bond acceptors (Lipinski definition) is 4. The maximum absolute atomic E-state index is 12.6. The second-order valence-electron chi connectivity index (χ2n) is 4.61. The summed E-state index contributed by atoms with van der Waals surface area (Å²) >= 11 is 0. The van der Waals surface area contributed by atoms with Gasteiger partial charge in [-0.25, -0.2) is 4.98 Å². The van der Waals surface area contributed by atoms with Crippen LogP contribution in [0.2, 0.25) is 0 Å². The standard InChI is InChI=1S/C14H13F3N2O3/c1-8-12(19-7-22-8)13(21)18-6-11(20)9-3-2-4-10(5-9)14(15,16)17/h2-5,7,11,20H,6H2,1H3,(H,18,21). The minimum atomic E-state index is -4.49. The molecule has 1 aromatic heterocycles. The van der Waals surface area contributed by atoms with Crippen molar-refractivity contribution in [2.45, 2.75) is 19.2 Å². The lowest BCUT2D eigenvalue weighted by molar-refractivity contribution is -0.137. The van der Waals surface area contributed by atoms with Gasteiger partial charge >= 0.3 is 6.18 Å². The molecule has 0 fully saturated rings. The average Bonchev–Trinajstić information content (AvgIpc) is 2.90. The molecule has 2 aromatic rings. The van der Waals surface area contributed by atoms with Crippen molar-refractivity contribution in [3.05, 3.63) is 53.2 Å². The third-order valence-electron chi connectivity index (χ3n) is 3.01. The predicted molar refractivity (Wildman–Crippen MR) is 70.0 cm³/mol. The molecule has 0 saturated carbocycles. The molecule has 0 saturated heterocycles. The van der Waals surface area contributed by atoms with Crippen molar-refractivity contribution in [2.24, 2.45) is 0 Å². The zero-order valence-electron chi connectivity index (χ0n) is 11.5. The summed E-state index contributed by atoms with van der Waals surface area (Å²) < 4.78 is 42.7. The summed E-state index contributed by atoms with van der Waals surface area (Å²) in [5.41, 5.74) is -0.731. The first-order chi connectivity index (χ1) is 10.3. The highest BCUT2D eigenvalue weighted by molar-refractivity contribution is 5.93. The molecule has 2 rings (SSSR count). The van der Waals surface area contributed by atoms with Crippen LogP contribution in [-0.2, 0) is 6.18 Å². The van der Waals surface area contributed by atoms with Crippen LogP contribution >= 0.6 is 0 Å². The van der Waals surface area contributed by atoms with Crippen LogP contribution < -0.4 is 5.32 Å². The molecule has 2 N–H and O–H groups in total. The van der Waals surface area contributed by atoms with Gasteiger partial charge in [-0.15, -0.1) is 0 Å². The number of aryl methyl sites for hydroxylation is 1. The van der Waals surface area contributed by atoms with Crippen molar-refractivity contribution >= 4 is 5.91 Å². The second-order valence-corrected chi connectivity index (χ2v) is 4.61. The number of alkyl halides is 3. The van der Waals surface area contributed by atoms with Gasteiger partial charge in [0.15, 0.2) is 12.1 Å². The molecule has 1 atom stereocenters. The molecule has 5 nitrogen and oxygen atoms in total. The molecule has 1 amide bonds. The van der Waals surface area contributed by atoms with Gasteiger partial charge < -0.3 is 14.8 Å². The normalized spacial score (nSPS) is 13.0. The molecule has 0 radical (unpaired) electrons. The monoisotopic (exact) mass is 314 g/mol. The second kappa shape index (κ2) is 6.18. The van der Waals surface area contributed by atoms with Crippen molar-refractivity contribution in [1.29, 1.82) is 0 Å². The lowest BCUT2D eigenvalue weighted by atomic mass is 10.1. The first-order valence-electron chi connectivity index (χ1n) is 6.32. The van der Waals surface area contributed by atoms with Crippen LogP contribution in [0.15, 0.2) is 35.1 Å². The first kappa shape index (κ1) is 16.0. The molecular formula is C14H13F3N2O3. The van der Waals surface area contributed by atoms with Gasteiger partial charge in [-0.2, -0.15) is 13.2 Å². The average molecular weight is 314 g/mol. The molecule has 0 spiro atoms. The molecule has 0 aliphatic heterocycles. The highest BCUT2D eigenvalue weighted by Crippen LogP contribution is 2.30. The van der Waals surface area contributed by atoms with Crippen LogP contribution in [0.4, 0.5) is 13.2 Å². The quantitative estimate of drug-likeness (QED) is 0.909. The predicted octanol–water partition coefficient (Wildman–Crippen LogP) is 2.47. The zero-order chi connectivity index (χ0) is 16.3. The Morgan fingerprint density at radius 1 is 1.45 bits per heavy atom. The number of carbonyl (C=O) groups excluding carboxylic acids is 1. The van der Waals surface area contributed by atoms with Gasteiger partial charge in [0.2, 0.25) is 0 Å². The van der Waals surface area contributed by atoms with E-state index in [2.05, 4.69) is 10.3 Å². The van der Waals surface area contributed by atoms with Crippen LogP contribution in [0.3, 0.4) is 0 Å². The molecule has 8 heteroatoms. The summed E-state index contributed by atoms with van der Waals surface area (Å²) in [6.45, 7) is 1.30. The van der Waals surface area contributed by atoms with Crippen LogP contribution in [-0.4, -0.2) is 22.5 Å². The highest BCUT2D eigenvalue weighted by atomic mass is 19.4. The molecule has 0 aliphatic carbocycles. The van der Waals surface area contributed by atoms with E-state index in [-0.39, 0.29) is 17.8 Å². The molecule has 22 heavy (non-hydrogen) atoms. The molecule has 0 bridgehead atoms. The number of carbonyl (C=O) groups is 1.